The molecule has 0 saturated carbocycles. The molecule has 33 heavy (non-hydrogen) atoms. The maximum Gasteiger partial charge on any atom is 0.258 e. The number of thiocarbonyl (C=S) groups is 1. The van der Waals surface area contributed by atoms with Crippen molar-refractivity contribution in [3.8, 4) is 10.7 Å². The Morgan fingerprint density at radius 1 is 1.09 bits per heavy atom. The van der Waals surface area contributed by atoms with Gasteiger partial charge in [0.1, 0.15) is 0 Å². The lowest BCUT2D eigenvalue weighted by atomic mass is 9.94. The van der Waals surface area contributed by atoms with Crippen LogP contribution in [0.15, 0.2) is 76.3 Å². The molecule has 0 spiro atoms. The van der Waals surface area contributed by atoms with Crippen molar-refractivity contribution in [1.29, 1.82) is 0 Å². The van der Waals surface area contributed by atoms with Gasteiger partial charge in [0.25, 0.3) is 5.89 Å². The number of halogens is 1. The Morgan fingerprint density at radius 2 is 1.85 bits per heavy atom. The van der Waals surface area contributed by atoms with Gasteiger partial charge in [-0.25, -0.2) is 0 Å². The molecule has 1 atom stereocenters. The van der Waals surface area contributed by atoms with E-state index in [4.69, 9.17) is 33.3 Å². The van der Waals surface area contributed by atoms with Crippen molar-refractivity contribution in [1.82, 2.24) is 20.4 Å². The molecule has 2 aromatic carbocycles. The van der Waals surface area contributed by atoms with Crippen LogP contribution >= 0.6 is 35.2 Å². The number of benzene rings is 2. The average molecular weight is 493 g/mol. The second-order valence-corrected chi connectivity index (χ2v) is 9.68. The van der Waals surface area contributed by atoms with E-state index in [1.54, 1.807) is 11.3 Å². The third-order valence-electron chi connectivity index (χ3n) is 5.66. The van der Waals surface area contributed by atoms with Crippen molar-refractivity contribution in [2.24, 2.45) is 0 Å². The van der Waals surface area contributed by atoms with Crippen molar-refractivity contribution in [3.63, 3.8) is 0 Å². The fourth-order valence-corrected chi connectivity index (χ4v) is 4.96. The predicted octanol–water partition coefficient (Wildman–Crippen LogP) is 6.62. The fraction of sp³-hybridized carbons (Fsp3) is 0.160. The van der Waals surface area contributed by atoms with Crippen LogP contribution in [-0.4, -0.2) is 20.2 Å². The summed E-state index contributed by atoms with van der Waals surface area (Å²) in [6, 6.07) is 19.9. The average Bonchev–Trinajstić information content (AvgIpc) is 3.50. The van der Waals surface area contributed by atoms with Gasteiger partial charge in [-0.15, -0.1) is 11.3 Å². The number of allylic oxidation sites excluding steroid dienone is 1. The fourth-order valence-electron chi connectivity index (χ4n) is 3.87. The summed E-state index contributed by atoms with van der Waals surface area (Å²) in [6.45, 7) is 4.73. The summed E-state index contributed by atoms with van der Waals surface area (Å²) in [5, 5.41) is 11.1. The first-order valence-electron chi connectivity index (χ1n) is 10.5. The van der Waals surface area contributed by atoms with Crippen LogP contribution in [0.25, 0.3) is 16.3 Å². The van der Waals surface area contributed by atoms with Gasteiger partial charge >= 0.3 is 0 Å². The Labute approximate surface area is 206 Å². The molecule has 0 fully saturated rings. The normalized spacial score (nSPS) is 16.3. The molecule has 1 N–H and O–H groups in total. The Balaban J connectivity index is 1.59. The largest absolute Gasteiger partial charge is 0.351 e. The minimum absolute atomic E-state index is 0.198. The third-order valence-corrected chi connectivity index (χ3v) is 7.11. The molecule has 3 heterocycles. The van der Waals surface area contributed by atoms with E-state index in [1.807, 2.05) is 41.8 Å². The number of hydrogen-bond acceptors (Lipinski definition) is 5. The second kappa shape index (κ2) is 9.09. The van der Waals surface area contributed by atoms with Crippen LogP contribution in [0.5, 0.6) is 0 Å². The first kappa shape index (κ1) is 21.8. The molecule has 1 aliphatic rings. The minimum atomic E-state index is -0.198. The van der Waals surface area contributed by atoms with E-state index in [1.165, 1.54) is 5.56 Å². The number of nitrogens with zero attached hydrogens (tertiary/aromatic N) is 3. The molecule has 0 bridgehead atoms. The Kier molecular flexibility index (Phi) is 6.01. The summed E-state index contributed by atoms with van der Waals surface area (Å²) < 4.78 is 5.78. The van der Waals surface area contributed by atoms with Crippen LogP contribution in [0.4, 0.5) is 0 Å². The van der Waals surface area contributed by atoms with Crippen molar-refractivity contribution < 1.29 is 4.52 Å². The van der Waals surface area contributed by atoms with Gasteiger partial charge in [-0.1, -0.05) is 64.8 Å². The highest BCUT2D eigenvalue weighted by atomic mass is 35.5. The van der Waals surface area contributed by atoms with Gasteiger partial charge in [0.05, 0.1) is 16.5 Å². The van der Waals surface area contributed by atoms with Crippen LogP contribution in [0.3, 0.4) is 0 Å². The molecule has 1 unspecified atom stereocenters. The summed E-state index contributed by atoms with van der Waals surface area (Å²) in [7, 11) is 0. The SMILES string of the molecule is CC1=C(c2nc(-c3cccs3)no2)C(c2ccc(C)cc2)NC(=S)N1Cc1ccc(Cl)cc1. The van der Waals surface area contributed by atoms with Crippen molar-refractivity contribution in [3.05, 3.63) is 99.3 Å². The highest BCUT2D eigenvalue weighted by Gasteiger charge is 2.34. The molecular weight excluding hydrogens is 472 g/mol. The van der Waals surface area contributed by atoms with Gasteiger partial charge in [-0.3, -0.25) is 0 Å². The van der Waals surface area contributed by atoms with Crippen molar-refractivity contribution in [2.45, 2.75) is 26.4 Å². The van der Waals surface area contributed by atoms with Crippen molar-refractivity contribution >= 4 is 45.8 Å². The van der Waals surface area contributed by atoms with E-state index in [9.17, 15) is 0 Å². The molecule has 8 heteroatoms. The molecule has 1 aliphatic heterocycles. The van der Waals surface area contributed by atoms with Gasteiger partial charge in [0, 0.05) is 17.3 Å². The zero-order valence-electron chi connectivity index (χ0n) is 18.1. The molecular formula is C25H21ClN4OS2. The maximum absolute atomic E-state index is 6.07. The first-order chi connectivity index (χ1) is 16.0. The molecule has 0 amide bonds. The summed E-state index contributed by atoms with van der Waals surface area (Å²) >= 11 is 13.4. The van der Waals surface area contributed by atoms with E-state index in [2.05, 4.69) is 53.5 Å². The molecule has 0 aliphatic carbocycles. The number of hydrogen-bond donors (Lipinski definition) is 1. The van der Waals surface area contributed by atoms with Gasteiger partial charge in [0.2, 0.25) is 5.82 Å². The van der Waals surface area contributed by atoms with Crippen molar-refractivity contribution in [2.75, 3.05) is 0 Å². The highest BCUT2D eigenvalue weighted by molar-refractivity contribution is 7.80. The molecule has 4 aromatic rings. The van der Waals surface area contributed by atoms with Gasteiger partial charge in [0.15, 0.2) is 5.11 Å². The van der Waals surface area contributed by atoms with Crippen LogP contribution in [0.2, 0.25) is 5.02 Å². The molecule has 166 valence electrons. The lowest BCUT2D eigenvalue weighted by molar-refractivity contribution is 0.396. The van der Waals surface area contributed by atoms with Crippen LogP contribution in [0, 0.1) is 6.92 Å². The molecule has 5 nitrogen and oxygen atoms in total. The Morgan fingerprint density at radius 3 is 2.55 bits per heavy atom. The number of aromatic nitrogens is 2. The summed E-state index contributed by atoms with van der Waals surface area (Å²) in [5.41, 5.74) is 5.26. The summed E-state index contributed by atoms with van der Waals surface area (Å²) in [4.78, 5) is 7.77. The monoisotopic (exact) mass is 492 g/mol. The molecule has 0 radical (unpaired) electrons. The van der Waals surface area contributed by atoms with E-state index in [0.717, 1.165) is 27.3 Å². The van der Waals surface area contributed by atoms with Crippen LogP contribution in [-0.2, 0) is 6.54 Å². The quantitative estimate of drug-likeness (QED) is 0.316. The zero-order valence-corrected chi connectivity index (χ0v) is 20.5. The topological polar surface area (TPSA) is 54.2 Å². The van der Waals surface area contributed by atoms with Gasteiger partial charge in [-0.2, -0.15) is 4.98 Å². The summed E-state index contributed by atoms with van der Waals surface area (Å²) in [6.07, 6.45) is 0. The van der Waals surface area contributed by atoms with E-state index < -0.39 is 0 Å². The number of nitrogens with one attached hydrogen (secondary N) is 1. The lowest BCUT2D eigenvalue weighted by Gasteiger charge is -2.37. The second-order valence-electron chi connectivity index (χ2n) is 7.91. The van der Waals surface area contributed by atoms with E-state index in [0.29, 0.717) is 28.4 Å². The number of rotatable bonds is 5. The van der Waals surface area contributed by atoms with Gasteiger partial charge < -0.3 is 14.7 Å². The third kappa shape index (κ3) is 4.44. The number of thiophene rings is 1. The Hall–Kier alpha value is -3.00. The first-order valence-corrected chi connectivity index (χ1v) is 12.1. The standard InChI is InChI=1S/C25H21ClN4OS2/c1-15-5-9-18(10-6-15)22-21(24-28-23(29-31-24)20-4-3-13-33-20)16(2)30(25(32)27-22)14-17-7-11-19(26)12-8-17/h3-13,22H,14H2,1-2H3,(H,27,32). The maximum atomic E-state index is 6.07. The molecule has 0 saturated heterocycles. The zero-order chi connectivity index (χ0) is 22.9. The van der Waals surface area contributed by atoms with Crippen LogP contribution < -0.4 is 5.32 Å². The van der Waals surface area contributed by atoms with E-state index >= 15 is 0 Å². The van der Waals surface area contributed by atoms with Crippen LogP contribution in [0.1, 0.15) is 35.5 Å². The predicted molar refractivity (Wildman–Crippen MR) is 137 cm³/mol. The molecule has 5 rings (SSSR count). The van der Waals surface area contributed by atoms with Gasteiger partial charge in [-0.05, 0) is 60.8 Å². The molecule has 2 aromatic heterocycles. The summed E-state index contributed by atoms with van der Waals surface area (Å²) in [5.74, 6) is 1.07. The minimum Gasteiger partial charge on any atom is -0.351 e. The highest BCUT2D eigenvalue weighted by Crippen LogP contribution is 2.38. The number of aryl methyl sites for hydroxylation is 1. The van der Waals surface area contributed by atoms with E-state index in [-0.39, 0.29) is 6.04 Å². The lowest BCUT2D eigenvalue weighted by Crippen LogP contribution is -2.45. The Bertz CT molecular complexity index is 1310. The smallest absolute Gasteiger partial charge is 0.258 e.